The number of benzene rings is 1. The molecule has 3 rings (SSSR count). The van der Waals surface area contributed by atoms with Crippen molar-refractivity contribution in [2.45, 2.75) is 0 Å². The predicted octanol–water partition coefficient (Wildman–Crippen LogP) is 0.847. The van der Waals surface area contributed by atoms with Gasteiger partial charge in [0.25, 0.3) is 11.8 Å². The molecule has 1 aromatic carbocycles. The second-order valence-electron chi connectivity index (χ2n) is 4.63. The van der Waals surface area contributed by atoms with Crippen molar-refractivity contribution < 1.29 is 9.59 Å². The number of hydrogen-bond acceptors (Lipinski definition) is 3. The number of imide groups is 1. The lowest BCUT2D eigenvalue weighted by atomic mass is 10.0. The maximum Gasteiger partial charge on any atom is 0.277 e. The van der Waals surface area contributed by atoms with E-state index < -0.39 is 5.91 Å². The van der Waals surface area contributed by atoms with Gasteiger partial charge in [-0.15, -0.1) is 0 Å². The molecule has 2 amide bonds. The summed E-state index contributed by atoms with van der Waals surface area (Å²) in [5, 5.41) is 0.916. The summed E-state index contributed by atoms with van der Waals surface area (Å²) in [7, 11) is 3.34. The monoisotopic (exact) mass is 255 g/mol. The van der Waals surface area contributed by atoms with Gasteiger partial charge >= 0.3 is 0 Å². The molecule has 0 atom stereocenters. The van der Waals surface area contributed by atoms with Gasteiger partial charge in [-0.25, -0.2) is 0 Å². The van der Waals surface area contributed by atoms with Crippen LogP contribution in [0.2, 0.25) is 0 Å². The Balaban J connectivity index is 2.32. The van der Waals surface area contributed by atoms with Gasteiger partial charge in [-0.2, -0.15) is 0 Å². The molecule has 1 aliphatic rings. The fourth-order valence-corrected chi connectivity index (χ4v) is 2.46. The van der Waals surface area contributed by atoms with Gasteiger partial charge in [-0.3, -0.25) is 14.5 Å². The van der Waals surface area contributed by atoms with E-state index in [2.05, 4.69) is 0 Å². The largest absolute Gasteiger partial charge is 0.394 e. The molecular formula is C14H13N3O2. The molecule has 0 saturated carbocycles. The molecule has 2 heterocycles. The smallest absolute Gasteiger partial charge is 0.277 e. The summed E-state index contributed by atoms with van der Waals surface area (Å²) in [4.78, 5) is 24.9. The van der Waals surface area contributed by atoms with E-state index in [-0.39, 0.29) is 11.6 Å². The van der Waals surface area contributed by atoms with E-state index in [0.29, 0.717) is 11.1 Å². The zero-order valence-electron chi connectivity index (χ0n) is 10.7. The summed E-state index contributed by atoms with van der Waals surface area (Å²) in [5.74, 6) is -0.785. The van der Waals surface area contributed by atoms with E-state index in [4.69, 9.17) is 5.73 Å². The Kier molecular flexibility index (Phi) is 2.25. The number of carbonyl (C=O) groups is 2. The lowest BCUT2D eigenvalue weighted by Gasteiger charge is -2.05. The van der Waals surface area contributed by atoms with E-state index >= 15 is 0 Å². The minimum Gasteiger partial charge on any atom is -0.394 e. The molecule has 19 heavy (non-hydrogen) atoms. The van der Waals surface area contributed by atoms with Gasteiger partial charge in [0, 0.05) is 36.8 Å². The fourth-order valence-electron chi connectivity index (χ4n) is 2.46. The first-order valence-corrected chi connectivity index (χ1v) is 5.89. The van der Waals surface area contributed by atoms with Crippen molar-refractivity contribution in [3.63, 3.8) is 0 Å². The Morgan fingerprint density at radius 3 is 2.37 bits per heavy atom. The number of likely N-dealkylation sites (N-methyl/N-ethyl adjacent to an activating group) is 1. The number of rotatable bonds is 1. The standard InChI is InChI=1S/C14H13N3O2/c1-16-7-9(8-5-3-4-6-10(8)16)11-12(15)14(19)17(2)13(11)18/h3-7H,15H2,1-2H3. The van der Waals surface area contributed by atoms with Gasteiger partial charge < -0.3 is 10.3 Å². The van der Waals surface area contributed by atoms with Crippen LogP contribution in [-0.4, -0.2) is 28.3 Å². The Bertz CT molecular complexity index is 755. The topological polar surface area (TPSA) is 68.3 Å². The quantitative estimate of drug-likeness (QED) is 0.768. The van der Waals surface area contributed by atoms with Crippen LogP contribution in [0.15, 0.2) is 36.2 Å². The maximum absolute atomic E-state index is 12.1. The SMILES string of the molecule is CN1C(=O)C(N)=C(c2cn(C)c3ccccc23)C1=O. The van der Waals surface area contributed by atoms with E-state index in [0.717, 1.165) is 15.8 Å². The molecule has 2 aromatic rings. The zero-order chi connectivity index (χ0) is 13.7. The number of nitrogens with two attached hydrogens (primary N) is 1. The van der Waals surface area contributed by atoms with Crippen LogP contribution in [0.4, 0.5) is 0 Å². The summed E-state index contributed by atoms with van der Waals surface area (Å²) in [6.45, 7) is 0. The van der Waals surface area contributed by atoms with Gasteiger partial charge in [0.1, 0.15) is 5.70 Å². The molecule has 0 fully saturated rings. The third kappa shape index (κ3) is 1.41. The Hall–Kier alpha value is -2.56. The Morgan fingerprint density at radius 1 is 1.05 bits per heavy atom. The average molecular weight is 255 g/mol. The van der Waals surface area contributed by atoms with Crippen LogP contribution >= 0.6 is 0 Å². The molecule has 0 aliphatic carbocycles. The van der Waals surface area contributed by atoms with Crippen LogP contribution in [-0.2, 0) is 16.6 Å². The third-order valence-electron chi connectivity index (χ3n) is 3.49. The summed E-state index contributed by atoms with van der Waals surface area (Å²) < 4.78 is 1.92. The molecule has 5 nitrogen and oxygen atoms in total. The normalized spacial score (nSPS) is 16.0. The summed E-state index contributed by atoms with van der Waals surface area (Å²) in [6.07, 6.45) is 1.83. The molecule has 5 heteroatoms. The fraction of sp³-hybridized carbons (Fsp3) is 0.143. The van der Waals surface area contributed by atoms with Crippen molar-refractivity contribution >= 4 is 28.3 Å². The Morgan fingerprint density at radius 2 is 1.74 bits per heavy atom. The Labute approximate surface area is 109 Å². The minimum atomic E-state index is -0.437. The van der Waals surface area contributed by atoms with Crippen molar-refractivity contribution in [1.82, 2.24) is 9.47 Å². The van der Waals surface area contributed by atoms with Crippen LogP contribution in [0.5, 0.6) is 0 Å². The highest BCUT2D eigenvalue weighted by atomic mass is 16.2. The highest BCUT2D eigenvalue weighted by Crippen LogP contribution is 2.32. The molecule has 0 unspecified atom stereocenters. The van der Waals surface area contributed by atoms with Crippen molar-refractivity contribution in [3.8, 4) is 0 Å². The van der Waals surface area contributed by atoms with Crippen LogP contribution in [0.3, 0.4) is 0 Å². The number of carbonyl (C=O) groups excluding carboxylic acids is 2. The molecule has 1 aliphatic heterocycles. The third-order valence-corrected chi connectivity index (χ3v) is 3.49. The van der Waals surface area contributed by atoms with E-state index in [1.54, 1.807) is 0 Å². The van der Waals surface area contributed by atoms with Crippen LogP contribution in [0.1, 0.15) is 5.56 Å². The molecule has 0 spiro atoms. The first-order chi connectivity index (χ1) is 9.02. The first-order valence-electron chi connectivity index (χ1n) is 5.89. The molecular weight excluding hydrogens is 242 g/mol. The summed E-state index contributed by atoms with van der Waals surface area (Å²) >= 11 is 0. The van der Waals surface area contributed by atoms with Crippen LogP contribution in [0.25, 0.3) is 16.5 Å². The molecule has 1 aromatic heterocycles. The van der Waals surface area contributed by atoms with E-state index in [1.165, 1.54) is 7.05 Å². The second-order valence-corrected chi connectivity index (χ2v) is 4.63. The van der Waals surface area contributed by atoms with Gasteiger partial charge in [-0.05, 0) is 6.07 Å². The highest BCUT2D eigenvalue weighted by molar-refractivity contribution is 6.36. The molecule has 0 radical (unpaired) electrons. The number of para-hydroxylation sites is 1. The number of aromatic nitrogens is 1. The minimum absolute atomic E-state index is 0.0175. The lowest BCUT2D eigenvalue weighted by Crippen LogP contribution is -2.28. The number of aryl methyl sites for hydroxylation is 1. The van der Waals surface area contributed by atoms with Crippen molar-refractivity contribution in [1.29, 1.82) is 0 Å². The van der Waals surface area contributed by atoms with Gasteiger partial charge in [0.15, 0.2) is 0 Å². The lowest BCUT2D eigenvalue weighted by molar-refractivity contribution is -0.135. The molecule has 2 N–H and O–H groups in total. The van der Waals surface area contributed by atoms with Crippen LogP contribution in [0, 0.1) is 0 Å². The second kappa shape index (κ2) is 3.71. The molecule has 96 valence electrons. The summed E-state index contributed by atoms with van der Waals surface area (Å²) in [6, 6.07) is 7.70. The number of fused-ring (bicyclic) bond motifs is 1. The van der Waals surface area contributed by atoms with E-state index in [1.807, 2.05) is 42.1 Å². The highest BCUT2D eigenvalue weighted by Gasteiger charge is 2.36. The average Bonchev–Trinajstić information content (AvgIpc) is 2.83. The van der Waals surface area contributed by atoms with Crippen LogP contribution < -0.4 is 5.73 Å². The summed E-state index contributed by atoms with van der Waals surface area (Å²) in [5.41, 5.74) is 7.81. The molecule has 0 saturated heterocycles. The van der Waals surface area contributed by atoms with Crippen molar-refractivity contribution in [2.75, 3.05) is 7.05 Å². The van der Waals surface area contributed by atoms with Crippen molar-refractivity contribution in [2.24, 2.45) is 12.8 Å². The van der Waals surface area contributed by atoms with Gasteiger partial charge in [0.05, 0.1) is 5.57 Å². The molecule has 0 bridgehead atoms. The number of hydrogen-bond donors (Lipinski definition) is 1. The first kappa shape index (κ1) is 11.5. The number of amides is 2. The predicted molar refractivity (Wildman–Crippen MR) is 71.8 cm³/mol. The van der Waals surface area contributed by atoms with Gasteiger partial charge in [0.2, 0.25) is 0 Å². The maximum atomic E-state index is 12.1. The number of nitrogens with zero attached hydrogens (tertiary/aromatic N) is 2. The van der Waals surface area contributed by atoms with Gasteiger partial charge in [-0.1, -0.05) is 18.2 Å². The van der Waals surface area contributed by atoms with E-state index in [9.17, 15) is 9.59 Å². The zero-order valence-corrected chi connectivity index (χ0v) is 10.7. The van der Waals surface area contributed by atoms with Crippen molar-refractivity contribution in [3.05, 3.63) is 41.7 Å².